The van der Waals surface area contributed by atoms with E-state index in [0.29, 0.717) is 17.5 Å². The summed E-state index contributed by atoms with van der Waals surface area (Å²) in [5.74, 6) is 0. The fraction of sp³-hybridized carbons (Fsp3) is 0.250. The van der Waals surface area contributed by atoms with Crippen LogP contribution >= 0.6 is 0 Å². The number of aryl methyl sites for hydroxylation is 1. The van der Waals surface area contributed by atoms with Gasteiger partial charge in [-0.3, -0.25) is 0 Å². The molecule has 2 rings (SSSR count). The molecule has 0 saturated carbocycles. The second-order valence-corrected chi connectivity index (χ2v) is 3.73. The van der Waals surface area contributed by atoms with E-state index in [4.69, 9.17) is 9.08 Å². The largest absolute Gasteiger partial charge is 0.336 e. The molecule has 0 aromatic carbocycles. The maximum atomic E-state index is 10.8. The van der Waals surface area contributed by atoms with Gasteiger partial charge in [-0.25, -0.2) is 9.19 Å². The summed E-state index contributed by atoms with van der Waals surface area (Å²) in [4.78, 5) is 4.15. The van der Waals surface area contributed by atoms with Gasteiger partial charge in [0.1, 0.15) is 0 Å². The lowest BCUT2D eigenvalue weighted by Crippen LogP contribution is -1.90. The van der Waals surface area contributed by atoms with Gasteiger partial charge < -0.3 is 9.08 Å². The van der Waals surface area contributed by atoms with Gasteiger partial charge in [0.25, 0.3) is 5.71 Å². The topological polar surface area (TPSA) is 76.2 Å². The lowest BCUT2D eigenvalue weighted by atomic mass is 10.2. The van der Waals surface area contributed by atoms with Crippen molar-refractivity contribution in [3.8, 4) is 0 Å². The van der Waals surface area contributed by atoms with Crippen molar-refractivity contribution < 1.29 is 13.3 Å². The number of fused-ring (bicyclic) bond motifs is 1. The number of hydrogen-bond acceptors (Lipinski definition) is 4. The number of nitrogens with zero attached hydrogens (tertiary/aromatic N) is 2. The van der Waals surface area contributed by atoms with E-state index in [1.54, 1.807) is 6.07 Å². The fourth-order valence-electron chi connectivity index (χ4n) is 1.21. The summed E-state index contributed by atoms with van der Waals surface area (Å²) in [5, 5.41) is 4.50. The summed E-state index contributed by atoms with van der Waals surface area (Å²) in [7, 11) is 0. The Morgan fingerprint density at radius 3 is 3.07 bits per heavy atom. The van der Waals surface area contributed by atoms with Gasteiger partial charge in [-0.05, 0) is 12.5 Å². The van der Waals surface area contributed by atoms with Gasteiger partial charge in [-0.1, -0.05) is 12.1 Å². The van der Waals surface area contributed by atoms with Gasteiger partial charge in [0.15, 0.2) is 11.1 Å². The van der Waals surface area contributed by atoms with Crippen molar-refractivity contribution in [2.75, 3.05) is 0 Å². The van der Waals surface area contributed by atoms with Crippen molar-refractivity contribution in [2.24, 2.45) is 0 Å². The molecule has 1 atom stereocenters. The molecule has 6 heteroatoms. The van der Waals surface area contributed by atoms with Crippen LogP contribution in [0.2, 0.25) is 0 Å². The van der Waals surface area contributed by atoms with E-state index < -0.39 is 11.1 Å². The maximum Gasteiger partial charge on any atom is 0.258 e. The van der Waals surface area contributed by atoms with Crippen molar-refractivity contribution in [1.29, 1.82) is 0 Å². The monoisotopic (exact) mass is 212 g/mol. The van der Waals surface area contributed by atoms with Crippen LogP contribution in [0.5, 0.6) is 0 Å². The fourth-order valence-corrected chi connectivity index (χ4v) is 1.57. The van der Waals surface area contributed by atoms with Crippen LogP contribution < -0.4 is 0 Å². The van der Waals surface area contributed by atoms with E-state index in [9.17, 15) is 4.21 Å². The van der Waals surface area contributed by atoms with Crippen molar-refractivity contribution in [3.05, 3.63) is 18.0 Å². The Balaban J connectivity index is 2.67. The minimum Gasteiger partial charge on any atom is -0.336 e. The summed E-state index contributed by atoms with van der Waals surface area (Å²) in [6.07, 6.45) is 2.01. The average molecular weight is 212 g/mol. The Hall–Kier alpha value is -1.27. The Labute approximate surface area is 82.4 Å². The normalized spacial score (nSPS) is 13.3. The van der Waals surface area contributed by atoms with Gasteiger partial charge in [-0.15, -0.1) is 0 Å². The quantitative estimate of drug-likeness (QED) is 0.761. The van der Waals surface area contributed by atoms with E-state index in [0.717, 1.165) is 5.69 Å². The Kier molecular flexibility index (Phi) is 2.30. The second-order valence-electron chi connectivity index (χ2n) is 2.76. The predicted molar refractivity (Wildman–Crippen MR) is 50.2 cm³/mol. The first kappa shape index (κ1) is 9.29. The van der Waals surface area contributed by atoms with Gasteiger partial charge in [0.05, 0.1) is 16.0 Å². The molecule has 0 aliphatic rings. The predicted octanol–water partition coefficient (Wildman–Crippen LogP) is 1.37. The van der Waals surface area contributed by atoms with Crippen molar-refractivity contribution in [1.82, 2.24) is 10.1 Å². The molecule has 0 amide bonds. The van der Waals surface area contributed by atoms with Gasteiger partial charge in [0, 0.05) is 6.20 Å². The first-order chi connectivity index (χ1) is 6.72. The van der Waals surface area contributed by atoms with Crippen molar-refractivity contribution in [2.45, 2.75) is 18.2 Å². The molecular formula is C8H8N2O3S. The van der Waals surface area contributed by atoms with Crippen LogP contribution in [0, 0.1) is 0 Å². The average Bonchev–Trinajstić information content (AvgIpc) is 2.59. The number of aromatic nitrogens is 2. The standard InChI is InChI=1S/C8H8N2O3S/c1-2-7-6-3-5(14(11)12)4-9-8(6)13-10-7/h3-4H,2H2,1H3,(H,11,12). The van der Waals surface area contributed by atoms with E-state index >= 15 is 0 Å². The summed E-state index contributed by atoms with van der Waals surface area (Å²) in [6, 6.07) is 1.58. The minimum absolute atomic E-state index is 0.260. The SMILES string of the molecule is CCc1noc2ncc(S(=O)O)cc12. The van der Waals surface area contributed by atoms with Crippen LogP contribution in [0.15, 0.2) is 21.7 Å². The lowest BCUT2D eigenvalue weighted by molar-refractivity contribution is 0.439. The molecule has 0 fully saturated rings. The minimum atomic E-state index is -2.01. The third kappa shape index (κ3) is 1.42. The molecule has 0 aliphatic carbocycles. The van der Waals surface area contributed by atoms with Crippen LogP contribution in [0.3, 0.4) is 0 Å². The van der Waals surface area contributed by atoms with Gasteiger partial charge >= 0.3 is 0 Å². The molecule has 0 bridgehead atoms. The number of hydrogen-bond donors (Lipinski definition) is 1. The van der Waals surface area contributed by atoms with Crippen molar-refractivity contribution >= 4 is 22.2 Å². The summed E-state index contributed by atoms with van der Waals surface area (Å²) in [5.41, 5.74) is 1.15. The van der Waals surface area contributed by atoms with Crippen molar-refractivity contribution in [3.63, 3.8) is 0 Å². The molecule has 1 unspecified atom stereocenters. The number of pyridine rings is 1. The first-order valence-electron chi connectivity index (χ1n) is 4.07. The smallest absolute Gasteiger partial charge is 0.258 e. The van der Waals surface area contributed by atoms with Crippen LogP contribution in [-0.4, -0.2) is 18.9 Å². The molecule has 5 nitrogen and oxygen atoms in total. The zero-order chi connectivity index (χ0) is 10.1. The summed E-state index contributed by atoms with van der Waals surface area (Å²) >= 11 is -2.01. The van der Waals surface area contributed by atoms with E-state index in [2.05, 4.69) is 10.1 Å². The zero-order valence-corrected chi connectivity index (χ0v) is 8.24. The third-order valence-corrected chi connectivity index (χ3v) is 2.54. The van der Waals surface area contributed by atoms with Crippen LogP contribution in [0.25, 0.3) is 11.1 Å². The maximum absolute atomic E-state index is 10.8. The Morgan fingerprint density at radius 1 is 1.64 bits per heavy atom. The molecule has 2 heterocycles. The highest BCUT2D eigenvalue weighted by molar-refractivity contribution is 7.79. The lowest BCUT2D eigenvalue weighted by Gasteiger charge is -1.93. The molecule has 0 aliphatic heterocycles. The molecule has 14 heavy (non-hydrogen) atoms. The van der Waals surface area contributed by atoms with E-state index in [1.807, 2.05) is 6.92 Å². The Morgan fingerprint density at radius 2 is 2.43 bits per heavy atom. The molecule has 2 aromatic heterocycles. The Bertz CT molecular complexity index is 494. The second kappa shape index (κ2) is 3.47. The molecule has 2 aromatic rings. The van der Waals surface area contributed by atoms with Crippen LogP contribution in [0.1, 0.15) is 12.6 Å². The molecule has 0 radical (unpaired) electrons. The molecule has 74 valence electrons. The highest BCUT2D eigenvalue weighted by Gasteiger charge is 2.10. The zero-order valence-electron chi connectivity index (χ0n) is 7.43. The molecule has 1 N–H and O–H groups in total. The van der Waals surface area contributed by atoms with E-state index in [1.165, 1.54) is 6.20 Å². The molecule has 0 saturated heterocycles. The first-order valence-corrected chi connectivity index (χ1v) is 5.18. The number of rotatable bonds is 2. The summed E-state index contributed by atoms with van der Waals surface area (Å²) < 4.78 is 24.6. The van der Waals surface area contributed by atoms with E-state index in [-0.39, 0.29) is 4.90 Å². The summed E-state index contributed by atoms with van der Waals surface area (Å²) in [6.45, 7) is 1.93. The highest BCUT2D eigenvalue weighted by atomic mass is 32.2. The van der Waals surface area contributed by atoms with Gasteiger partial charge in [0.2, 0.25) is 0 Å². The highest BCUT2D eigenvalue weighted by Crippen LogP contribution is 2.19. The third-order valence-electron chi connectivity index (χ3n) is 1.92. The van der Waals surface area contributed by atoms with Crippen LogP contribution in [0.4, 0.5) is 0 Å². The van der Waals surface area contributed by atoms with Crippen LogP contribution in [-0.2, 0) is 17.5 Å². The molecule has 0 spiro atoms. The van der Waals surface area contributed by atoms with Gasteiger partial charge in [-0.2, -0.15) is 0 Å². The molecular weight excluding hydrogens is 204 g/mol.